The molecule has 4 nitrogen and oxygen atoms in total. The van der Waals surface area contributed by atoms with E-state index in [1.165, 1.54) is 3.92 Å². The monoisotopic (exact) mass is 246 g/mol. The second kappa shape index (κ2) is 4.87. The fraction of sp³-hybridized carbons (Fsp3) is 0.125. The van der Waals surface area contributed by atoms with Crippen LogP contribution in [0, 0.1) is 0 Å². The topological polar surface area (TPSA) is 66.6 Å². The van der Waals surface area contributed by atoms with Crippen molar-refractivity contribution in [1.29, 1.82) is 0 Å². The maximum absolute atomic E-state index is 10.6. The number of hydrogen-bond acceptors (Lipinski definition) is 2. The van der Waals surface area contributed by atoms with Crippen LogP contribution in [-0.2, 0) is 6.54 Å². The van der Waals surface area contributed by atoms with Crippen LogP contribution >= 0.6 is 0 Å². The van der Waals surface area contributed by atoms with Crippen molar-refractivity contribution in [1.82, 2.24) is 3.92 Å². The Labute approximate surface area is 82.9 Å². The zero-order valence-electron chi connectivity index (χ0n) is 6.88. The SMILES string of the molecule is N[Se]N(Cc1ccccc1)C(=O)O. The Morgan fingerprint density at radius 2 is 2.08 bits per heavy atom. The summed E-state index contributed by atoms with van der Waals surface area (Å²) in [6, 6.07) is 9.39. The van der Waals surface area contributed by atoms with Crippen LogP contribution < -0.4 is 4.75 Å². The Kier molecular flexibility index (Phi) is 3.76. The number of nitrogens with two attached hydrogens (primary N) is 1. The predicted molar refractivity (Wildman–Crippen MR) is 50.0 cm³/mol. The van der Waals surface area contributed by atoms with Crippen molar-refractivity contribution in [2.45, 2.75) is 6.54 Å². The number of carbonyl (C=O) groups is 1. The van der Waals surface area contributed by atoms with Gasteiger partial charge in [-0.25, -0.2) is 0 Å². The molecular weight excluding hydrogens is 235 g/mol. The zero-order valence-corrected chi connectivity index (χ0v) is 8.60. The van der Waals surface area contributed by atoms with Crippen molar-refractivity contribution >= 4 is 21.5 Å². The van der Waals surface area contributed by atoms with Crippen LogP contribution in [0.3, 0.4) is 0 Å². The minimum atomic E-state index is -0.966. The van der Waals surface area contributed by atoms with E-state index in [0.29, 0.717) is 6.54 Å². The standard InChI is InChI=1S/C8H10N2O2Se/c9-13-10(8(11)12)6-7-4-2-1-3-5-7/h1-5H,6,9H2,(H,11,12). The first-order valence-corrected chi connectivity index (χ1v) is 5.41. The molecule has 0 spiro atoms. The Bertz CT molecular complexity index is 279. The van der Waals surface area contributed by atoms with Crippen LogP contribution in [0.2, 0.25) is 0 Å². The summed E-state index contributed by atoms with van der Waals surface area (Å²) in [5.41, 5.74) is 0.956. The normalized spacial score (nSPS) is 9.62. The van der Waals surface area contributed by atoms with E-state index >= 15 is 0 Å². The second-order valence-corrected chi connectivity index (χ2v) is 3.78. The van der Waals surface area contributed by atoms with Crippen molar-refractivity contribution in [2.75, 3.05) is 0 Å². The molecule has 0 atom stereocenters. The Morgan fingerprint density at radius 3 is 2.54 bits per heavy atom. The van der Waals surface area contributed by atoms with Gasteiger partial charge >= 0.3 is 82.5 Å². The van der Waals surface area contributed by atoms with E-state index in [2.05, 4.69) is 0 Å². The fourth-order valence-corrected chi connectivity index (χ4v) is 1.56. The zero-order chi connectivity index (χ0) is 9.68. The summed E-state index contributed by atoms with van der Waals surface area (Å²) in [4.78, 5) is 10.6. The van der Waals surface area contributed by atoms with Crippen LogP contribution in [0.25, 0.3) is 0 Å². The van der Waals surface area contributed by atoms with Crippen LogP contribution in [0.1, 0.15) is 5.56 Å². The van der Waals surface area contributed by atoms with Gasteiger partial charge in [0, 0.05) is 0 Å². The van der Waals surface area contributed by atoms with Gasteiger partial charge in [0.1, 0.15) is 0 Å². The van der Waals surface area contributed by atoms with Gasteiger partial charge < -0.3 is 0 Å². The Morgan fingerprint density at radius 1 is 1.46 bits per heavy atom. The van der Waals surface area contributed by atoms with E-state index in [1.807, 2.05) is 30.3 Å². The van der Waals surface area contributed by atoms with Gasteiger partial charge in [0.05, 0.1) is 0 Å². The van der Waals surface area contributed by atoms with Gasteiger partial charge in [-0.05, 0) is 0 Å². The molecule has 0 fully saturated rings. The summed E-state index contributed by atoms with van der Waals surface area (Å²) in [6.45, 7) is 0.368. The molecule has 0 heterocycles. The molecule has 1 aromatic rings. The summed E-state index contributed by atoms with van der Waals surface area (Å²) >= 11 is -0.498. The summed E-state index contributed by atoms with van der Waals surface area (Å²) in [6.07, 6.45) is -0.966. The molecule has 0 unspecified atom stereocenters. The van der Waals surface area contributed by atoms with E-state index in [1.54, 1.807) is 0 Å². The molecule has 70 valence electrons. The number of rotatable bonds is 3. The second-order valence-electron chi connectivity index (χ2n) is 2.41. The molecule has 5 heteroatoms. The molecule has 13 heavy (non-hydrogen) atoms. The molecular formula is C8H10N2O2Se. The third-order valence-electron chi connectivity index (χ3n) is 1.51. The number of benzene rings is 1. The Hall–Kier alpha value is -1.03. The van der Waals surface area contributed by atoms with Crippen LogP contribution in [0.4, 0.5) is 4.79 Å². The first kappa shape index (κ1) is 10.1. The molecule has 0 saturated carbocycles. The minimum absolute atomic E-state index is 0.368. The maximum atomic E-state index is 10.6. The van der Waals surface area contributed by atoms with E-state index in [0.717, 1.165) is 5.56 Å². The quantitative estimate of drug-likeness (QED) is 0.769. The first-order valence-electron chi connectivity index (χ1n) is 3.65. The number of amides is 1. The van der Waals surface area contributed by atoms with Gasteiger partial charge in [0.2, 0.25) is 0 Å². The average molecular weight is 245 g/mol. The molecule has 3 N–H and O–H groups in total. The fourth-order valence-electron chi connectivity index (χ4n) is 0.899. The van der Waals surface area contributed by atoms with Gasteiger partial charge in [-0.15, -0.1) is 0 Å². The summed E-state index contributed by atoms with van der Waals surface area (Å²) < 4.78 is 6.54. The van der Waals surface area contributed by atoms with E-state index in [9.17, 15) is 4.79 Å². The van der Waals surface area contributed by atoms with Gasteiger partial charge in [-0.2, -0.15) is 0 Å². The third kappa shape index (κ3) is 3.06. The molecule has 0 bridgehead atoms. The van der Waals surface area contributed by atoms with E-state index in [4.69, 9.17) is 9.86 Å². The number of nitrogens with zero attached hydrogens (tertiary/aromatic N) is 1. The third-order valence-corrected chi connectivity index (χ3v) is 2.64. The Balaban J connectivity index is 2.62. The predicted octanol–water partition coefficient (Wildman–Crippen LogP) is 0.659. The van der Waals surface area contributed by atoms with Gasteiger partial charge in [-0.3, -0.25) is 0 Å². The molecule has 1 aromatic carbocycles. The number of hydrogen-bond donors (Lipinski definition) is 2. The summed E-state index contributed by atoms with van der Waals surface area (Å²) in [7, 11) is 0. The van der Waals surface area contributed by atoms with Crippen LogP contribution in [0.15, 0.2) is 30.3 Å². The van der Waals surface area contributed by atoms with Crippen molar-refractivity contribution < 1.29 is 9.90 Å². The number of carboxylic acid groups (broad SMARTS) is 1. The van der Waals surface area contributed by atoms with Crippen molar-refractivity contribution in [3.05, 3.63) is 35.9 Å². The van der Waals surface area contributed by atoms with Crippen LogP contribution in [0.5, 0.6) is 0 Å². The first-order chi connectivity index (χ1) is 6.24. The van der Waals surface area contributed by atoms with Crippen molar-refractivity contribution in [3.63, 3.8) is 0 Å². The summed E-state index contributed by atoms with van der Waals surface area (Å²) in [5.74, 6) is 0. The average Bonchev–Trinajstić information content (AvgIpc) is 2.15. The van der Waals surface area contributed by atoms with E-state index in [-0.39, 0.29) is 0 Å². The van der Waals surface area contributed by atoms with Crippen molar-refractivity contribution in [3.8, 4) is 0 Å². The van der Waals surface area contributed by atoms with Gasteiger partial charge in [-0.1, -0.05) is 0 Å². The van der Waals surface area contributed by atoms with Gasteiger partial charge in [0.25, 0.3) is 0 Å². The molecule has 1 amide bonds. The molecule has 0 aliphatic heterocycles. The molecule has 0 aliphatic carbocycles. The van der Waals surface area contributed by atoms with Gasteiger partial charge in [0.15, 0.2) is 0 Å². The van der Waals surface area contributed by atoms with E-state index < -0.39 is 21.5 Å². The molecule has 0 radical (unpaired) electrons. The molecule has 0 saturated heterocycles. The molecule has 0 aliphatic rings. The molecule has 1 rings (SSSR count). The van der Waals surface area contributed by atoms with Crippen LogP contribution in [-0.4, -0.2) is 30.5 Å². The molecule has 0 aromatic heterocycles. The van der Waals surface area contributed by atoms with Crippen molar-refractivity contribution in [2.24, 2.45) is 4.75 Å². The summed E-state index contributed by atoms with van der Waals surface area (Å²) in [5, 5.41) is 8.70.